The van der Waals surface area contributed by atoms with Crippen LogP contribution in [0.25, 0.3) is 0 Å². The summed E-state index contributed by atoms with van der Waals surface area (Å²) in [5.41, 5.74) is 0.761. The Bertz CT molecular complexity index is 1340. The zero-order valence-corrected chi connectivity index (χ0v) is 20.9. The number of carbonyl (C=O) groups is 2. The Hall–Kier alpha value is -3.67. The number of amides is 2. The van der Waals surface area contributed by atoms with Gasteiger partial charge >= 0.3 is 6.18 Å². The molecule has 1 aliphatic rings. The number of halogens is 4. The van der Waals surface area contributed by atoms with Crippen molar-refractivity contribution in [3.8, 4) is 11.5 Å². The molecule has 1 N–H and O–H groups in total. The zero-order chi connectivity index (χ0) is 26.9. The molecule has 2 heterocycles. The number of hydrogen-bond acceptors (Lipinski definition) is 6. The van der Waals surface area contributed by atoms with Gasteiger partial charge in [-0.15, -0.1) is 11.3 Å². The van der Waals surface area contributed by atoms with Crippen LogP contribution < -0.4 is 14.8 Å². The molecular weight excluding hydrogens is 514 g/mol. The lowest BCUT2D eigenvalue weighted by molar-refractivity contribution is -0.141. The van der Waals surface area contributed by atoms with E-state index >= 15 is 0 Å². The van der Waals surface area contributed by atoms with Gasteiger partial charge in [-0.1, -0.05) is 12.1 Å². The van der Waals surface area contributed by atoms with Gasteiger partial charge in [0.05, 0.1) is 31.8 Å². The summed E-state index contributed by atoms with van der Waals surface area (Å²) in [7, 11) is 2.98. The number of rotatable bonds is 6. The SMILES string of the molecule is COc1cc2c(cc1OC)C(c1cccc(F)c1)N(C(=O)CNC(=O)c1sc(C)nc1C(F)(F)F)CC2. The van der Waals surface area contributed by atoms with Gasteiger partial charge < -0.3 is 19.7 Å². The molecule has 0 saturated carbocycles. The van der Waals surface area contributed by atoms with Crippen LogP contribution in [-0.2, 0) is 17.4 Å². The van der Waals surface area contributed by atoms with E-state index in [0.29, 0.717) is 40.4 Å². The lowest BCUT2D eigenvalue weighted by Gasteiger charge is -2.38. The second-order valence-corrected chi connectivity index (χ2v) is 9.49. The molecule has 0 fully saturated rings. The molecule has 1 unspecified atom stereocenters. The molecule has 3 aromatic rings. The van der Waals surface area contributed by atoms with Crippen molar-refractivity contribution in [3.63, 3.8) is 0 Å². The third-order valence-electron chi connectivity index (χ3n) is 5.97. The van der Waals surface area contributed by atoms with Crippen LogP contribution in [0.1, 0.15) is 43.1 Å². The van der Waals surface area contributed by atoms with Crippen molar-refractivity contribution in [2.24, 2.45) is 0 Å². The van der Waals surface area contributed by atoms with E-state index in [1.807, 2.05) is 0 Å². The van der Waals surface area contributed by atoms with Crippen LogP contribution in [0.3, 0.4) is 0 Å². The Morgan fingerprint density at radius 2 is 1.86 bits per heavy atom. The molecule has 7 nitrogen and oxygen atoms in total. The van der Waals surface area contributed by atoms with Crippen molar-refractivity contribution in [2.45, 2.75) is 25.6 Å². The van der Waals surface area contributed by atoms with E-state index in [0.717, 1.165) is 5.56 Å². The Labute approximate surface area is 214 Å². The first-order valence-corrected chi connectivity index (χ1v) is 12.0. The first-order valence-electron chi connectivity index (χ1n) is 11.2. The molecule has 0 saturated heterocycles. The fraction of sp³-hybridized carbons (Fsp3) is 0.320. The predicted molar refractivity (Wildman–Crippen MR) is 127 cm³/mol. The van der Waals surface area contributed by atoms with Gasteiger partial charge in [0.1, 0.15) is 10.7 Å². The summed E-state index contributed by atoms with van der Waals surface area (Å²) in [5, 5.41) is 2.37. The smallest absolute Gasteiger partial charge is 0.435 e. The Kier molecular flexibility index (Phi) is 7.39. The highest BCUT2D eigenvalue weighted by Gasteiger charge is 2.39. The monoisotopic (exact) mass is 537 g/mol. The minimum Gasteiger partial charge on any atom is -0.493 e. The van der Waals surface area contributed by atoms with Gasteiger partial charge in [-0.25, -0.2) is 9.37 Å². The number of fused-ring (bicyclic) bond motifs is 1. The maximum atomic E-state index is 14.2. The third-order valence-corrected chi connectivity index (χ3v) is 6.94. The molecule has 12 heteroatoms. The summed E-state index contributed by atoms with van der Waals surface area (Å²) in [5.74, 6) is -1.15. The van der Waals surface area contributed by atoms with Gasteiger partial charge in [-0.2, -0.15) is 13.2 Å². The number of nitrogens with one attached hydrogen (secondary N) is 1. The first kappa shape index (κ1) is 26.4. The van der Waals surface area contributed by atoms with Crippen molar-refractivity contribution in [2.75, 3.05) is 27.3 Å². The quantitative estimate of drug-likeness (QED) is 0.468. The van der Waals surface area contributed by atoms with Crippen LogP contribution in [-0.4, -0.2) is 49.0 Å². The van der Waals surface area contributed by atoms with E-state index in [1.165, 1.54) is 44.2 Å². The van der Waals surface area contributed by atoms with E-state index in [1.54, 1.807) is 18.2 Å². The number of carbonyl (C=O) groups excluding carboxylic acids is 2. The third kappa shape index (κ3) is 5.38. The fourth-order valence-corrected chi connectivity index (χ4v) is 5.22. The van der Waals surface area contributed by atoms with Crippen LogP contribution in [0.2, 0.25) is 0 Å². The number of aryl methyl sites for hydroxylation is 1. The van der Waals surface area contributed by atoms with Crippen molar-refractivity contribution in [1.82, 2.24) is 15.2 Å². The molecule has 2 amide bonds. The topological polar surface area (TPSA) is 80.8 Å². The summed E-state index contributed by atoms with van der Waals surface area (Å²) in [6, 6.07) is 8.59. The van der Waals surface area contributed by atoms with E-state index in [2.05, 4.69) is 10.3 Å². The van der Waals surface area contributed by atoms with E-state index in [9.17, 15) is 27.2 Å². The van der Waals surface area contributed by atoms with E-state index < -0.39 is 47.0 Å². The molecule has 1 aromatic heterocycles. The number of methoxy groups -OCH3 is 2. The van der Waals surface area contributed by atoms with Gasteiger partial charge in [-0.3, -0.25) is 9.59 Å². The van der Waals surface area contributed by atoms with Crippen molar-refractivity contribution >= 4 is 23.2 Å². The maximum Gasteiger partial charge on any atom is 0.435 e. The summed E-state index contributed by atoms with van der Waals surface area (Å²) in [4.78, 5) is 30.1. The number of ether oxygens (including phenoxy) is 2. The fourth-order valence-electron chi connectivity index (χ4n) is 4.36. The molecule has 1 aliphatic heterocycles. The molecule has 196 valence electrons. The predicted octanol–water partition coefficient (Wildman–Crippen LogP) is 4.53. The van der Waals surface area contributed by atoms with Crippen LogP contribution in [0.4, 0.5) is 17.6 Å². The van der Waals surface area contributed by atoms with Gasteiger partial charge in [0, 0.05) is 6.54 Å². The Morgan fingerprint density at radius 3 is 2.51 bits per heavy atom. The lowest BCUT2D eigenvalue weighted by atomic mass is 9.87. The van der Waals surface area contributed by atoms with Crippen molar-refractivity contribution < 1.29 is 36.6 Å². The normalized spacial score (nSPS) is 15.2. The Balaban J connectivity index is 1.64. The standard InChI is InChI=1S/C25H23F4N3O4S/c1-13-31-23(25(27,28)29)22(37-13)24(34)30-12-20(33)32-8-7-14-10-18(35-2)19(36-3)11-17(14)21(32)15-5-4-6-16(26)9-15/h4-6,9-11,21H,7-8,12H2,1-3H3,(H,30,34). The van der Waals surface area contributed by atoms with Gasteiger partial charge in [0.15, 0.2) is 17.2 Å². The van der Waals surface area contributed by atoms with Crippen LogP contribution in [0, 0.1) is 12.7 Å². The molecule has 2 aromatic carbocycles. The van der Waals surface area contributed by atoms with Gasteiger partial charge in [-0.05, 0) is 54.3 Å². The highest BCUT2D eigenvalue weighted by Crippen LogP contribution is 2.41. The molecule has 37 heavy (non-hydrogen) atoms. The molecule has 1 atom stereocenters. The van der Waals surface area contributed by atoms with E-state index in [4.69, 9.17) is 9.47 Å². The summed E-state index contributed by atoms with van der Waals surface area (Å²) in [6.07, 6.45) is -4.37. The maximum absolute atomic E-state index is 14.2. The van der Waals surface area contributed by atoms with Crippen molar-refractivity contribution in [3.05, 3.63) is 74.5 Å². The number of thiazole rings is 1. The largest absolute Gasteiger partial charge is 0.493 e. The molecular formula is C25H23F4N3O4S. The zero-order valence-electron chi connectivity index (χ0n) is 20.1. The number of nitrogens with zero attached hydrogens (tertiary/aromatic N) is 2. The summed E-state index contributed by atoms with van der Waals surface area (Å²) < 4.78 is 64.8. The summed E-state index contributed by atoms with van der Waals surface area (Å²) >= 11 is 0.598. The van der Waals surface area contributed by atoms with Gasteiger partial charge in [0.2, 0.25) is 5.91 Å². The molecule has 0 aliphatic carbocycles. The minimum atomic E-state index is -4.80. The minimum absolute atomic E-state index is 0.0759. The number of alkyl halides is 3. The highest BCUT2D eigenvalue weighted by molar-refractivity contribution is 7.13. The Morgan fingerprint density at radius 1 is 1.16 bits per heavy atom. The molecule has 0 radical (unpaired) electrons. The second kappa shape index (κ2) is 10.4. The first-order chi connectivity index (χ1) is 17.5. The second-order valence-electron chi connectivity index (χ2n) is 8.29. The van der Waals surface area contributed by atoms with Crippen LogP contribution >= 0.6 is 11.3 Å². The number of hydrogen-bond donors (Lipinski definition) is 1. The lowest BCUT2D eigenvalue weighted by Crippen LogP contribution is -2.45. The average molecular weight is 538 g/mol. The number of benzene rings is 2. The van der Waals surface area contributed by atoms with Crippen LogP contribution in [0.15, 0.2) is 36.4 Å². The number of aromatic nitrogens is 1. The van der Waals surface area contributed by atoms with E-state index in [-0.39, 0.29) is 11.6 Å². The molecule has 4 rings (SSSR count). The van der Waals surface area contributed by atoms with Crippen LogP contribution in [0.5, 0.6) is 11.5 Å². The molecule has 0 bridgehead atoms. The summed E-state index contributed by atoms with van der Waals surface area (Å²) in [6.45, 7) is 1.03. The molecule has 0 spiro atoms. The highest BCUT2D eigenvalue weighted by atomic mass is 32.1. The van der Waals surface area contributed by atoms with Crippen molar-refractivity contribution in [1.29, 1.82) is 0 Å². The van der Waals surface area contributed by atoms with Gasteiger partial charge in [0.25, 0.3) is 5.91 Å². The average Bonchev–Trinajstić information content (AvgIpc) is 3.27.